The molecule has 0 spiro atoms. The van der Waals surface area contributed by atoms with Crippen molar-refractivity contribution in [1.29, 1.82) is 0 Å². The molecule has 2 aliphatic rings. The fraction of sp³-hybridized carbons (Fsp3) is 0.500. The monoisotopic (exact) mass is 351 g/mol. The van der Waals surface area contributed by atoms with Gasteiger partial charge in [-0.2, -0.15) is 0 Å². The number of carboxylic acid groups (broad SMARTS) is 1. The molecule has 134 valence electrons. The molecule has 2 fully saturated rings. The second kappa shape index (κ2) is 6.54. The Bertz CT molecular complexity index is 736. The SMILES string of the molecule is O=C(CCC(=O)N1C[C@@H]2CCC[C@@]2(C(=O)O)C1)c1ccc(F)c(F)c1. The lowest BCUT2D eigenvalue weighted by Gasteiger charge is -2.23. The highest BCUT2D eigenvalue weighted by Gasteiger charge is 2.55. The molecule has 1 aromatic carbocycles. The fourth-order valence-electron chi connectivity index (χ4n) is 4.02. The predicted molar refractivity (Wildman–Crippen MR) is 83.9 cm³/mol. The van der Waals surface area contributed by atoms with Crippen LogP contribution in [0.3, 0.4) is 0 Å². The number of amides is 1. The van der Waals surface area contributed by atoms with E-state index in [-0.39, 0.29) is 36.8 Å². The Hall–Kier alpha value is -2.31. The van der Waals surface area contributed by atoms with Crippen molar-refractivity contribution in [1.82, 2.24) is 4.90 Å². The summed E-state index contributed by atoms with van der Waals surface area (Å²) >= 11 is 0. The van der Waals surface area contributed by atoms with E-state index in [1.807, 2.05) is 0 Å². The van der Waals surface area contributed by atoms with Crippen LogP contribution in [0, 0.1) is 23.0 Å². The Morgan fingerprint density at radius 1 is 1.20 bits per heavy atom. The number of carbonyl (C=O) groups excluding carboxylic acids is 2. The van der Waals surface area contributed by atoms with Crippen molar-refractivity contribution in [3.8, 4) is 0 Å². The van der Waals surface area contributed by atoms with Gasteiger partial charge >= 0.3 is 5.97 Å². The molecular formula is C18H19F2NO4. The normalized spacial score (nSPS) is 25.0. The van der Waals surface area contributed by atoms with E-state index in [1.54, 1.807) is 0 Å². The zero-order valence-electron chi connectivity index (χ0n) is 13.6. The number of benzene rings is 1. The van der Waals surface area contributed by atoms with Crippen LogP contribution in [-0.2, 0) is 9.59 Å². The van der Waals surface area contributed by atoms with Crippen LogP contribution in [0.2, 0.25) is 0 Å². The fourth-order valence-corrected chi connectivity index (χ4v) is 4.02. The van der Waals surface area contributed by atoms with Gasteiger partial charge in [0.2, 0.25) is 5.91 Å². The Kier molecular flexibility index (Phi) is 4.58. The van der Waals surface area contributed by atoms with Crippen molar-refractivity contribution >= 4 is 17.7 Å². The first-order valence-electron chi connectivity index (χ1n) is 8.33. The van der Waals surface area contributed by atoms with Gasteiger partial charge in [0.15, 0.2) is 17.4 Å². The van der Waals surface area contributed by atoms with Gasteiger partial charge in [-0.05, 0) is 37.0 Å². The second-order valence-corrected chi connectivity index (χ2v) is 6.88. The maximum atomic E-state index is 13.2. The zero-order chi connectivity index (χ0) is 18.2. The summed E-state index contributed by atoms with van der Waals surface area (Å²) in [4.78, 5) is 37.5. The van der Waals surface area contributed by atoms with Crippen LogP contribution in [0.4, 0.5) is 8.78 Å². The van der Waals surface area contributed by atoms with Gasteiger partial charge in [0, 0.05) is 31.5 Å². The molecule has 1 heterocycles. The smallest absolute Gasteiger partial charge is 0.311 e. The maximum Gasteiger partial charge on any atom is 0.311 e. The van der Waals surface area contributed by atoms with E-state index in [4.69, 9.17) is 0 Å². The summed E-state index contributed by atoms with van der Waals surface area (Å²) in [7, 11) is 0. The van der Waals surface area contributed by atoms with Crippen LogP contribution < -0.4 is 0 Å². The van der Waals surface area contributed by atoms with E-state index < -0.39 is 28.8 Å². The number of nitrogens with zero attached hydrogens (tertiary/aromatic N) is 1. The molecule has 1 saturated heterocycles. The minimum Gasteiger partial charge on any atom is -0.481 e. The first-order chi connectivity index (χ1) is 11.8. The lowest BCUT2D eigenvalue weighted by atomic mass is 9.81. The average Bonchev–Trinajstić information content (AvgIpc) is 3.13. The summed E-state index contributed by atoms with van der Waals surface area (Å²) in [5, 5.41) is 9.53. The number of fused-ring (bicyclic) bond motifs is 1. The third-order valence-corrected chi connectivity index (χ3v) is 5.46. The summed E-state index contributed by atoms with van der Waals surface area (Å²) < 4.78 is 26.1. The van der Waals surface area contributed by atoms with Crippen molar-refractivity contribution in [3.63, 3.8) is 0 Å². The van der Waals surface area contributed by atoms with Crippen molar-refractivity contribution in [3.05, 3.63) is 35.4 Å². The van der Waals surface area contributed by atoms with Crippen LogP contribution in [0.25, 0.3) is 0 Å². The highest BCUT2D eigenvalue weighted by Crippen LogP contribution is 2.49. The third-order valence-electron chi connectivity index (χ3n) is 5.46. The topological polar surface area (TPSA) is 74.7 Å². The second-order valence-electron chi connectivity index (χ2n) is 6.88. The Labute approximate surface area is 143 Å². The molecule has 2 atom stereocenters. The molecule has 5 nitrogen and oxygen atoms in total. The number of likely N-dealkylation sites (tertiary alicyclic amines) is 1. The number of halogens is 2. The Morgan fingerprint density at radius 3 is 2.60 bits per heavy atom. The van der Waals surface area contributed by atoms with Crippen LogP contribution in [0.15, 0.2) is 18.2 Å². The third kappa shape index (κ3) is 3.15. The van der Waals surface area contributed by atoms with Crippen molar-refractivity contribution in [2.45, 2.75) is 32.1 Å². The molecule has 1 saturated carbocycles. The van der Waals surface area contributed by atoms with Gasteiger partial charge in [0.25, 0.3) is 0 Å². The summed E-state index contributed by atoms with van der Waals surface area (Å²) in [6.45, 7) is 0.593. The molecule has 1 aromatic rings. The molecule has 3 rings (SSSR count). The minimum absolute atomic E-state index is 0.0204. The number of ketones is 1. The van der Waals surface area contributed by atoms with Crippen molar-refractivity contribution < 1.29 is 28.3 Å². The standard InChI is InChI=1S/C18H19F2NO4/c19-13-4-3-11(8-14(13)20)15(22)5-6-16(23)21-9-12-2-1-7-18(12,10-21)17(24)25/h3-4,8,12H,1-2,5-7,9-10H2,(H,24,25)/t12-,18+/m0/s1. The molecule has 0 aromatic heterocycles. The maximum absolute atomic E-state index is 13.2. The number of carboxylic acids is 1. The molecule has 1 N–H and O–H groups in total. The molecule has 1 aliphatic carbocycles. The van der Waals surface area contributed by atoms with E-state index in [9.17, 15) is 28.3 Å². The van der Waals surface area contributed by atoms with Gasteiger partial charge in [-0.3, -0.25) is 14.4 Å². The lowest BCUT2D eigenvalue weighted by molar-refractivity contribution is -0.149. The molecule has 0 unspecified atom stereocenters. The van der Waals surface area contributed by atoms with Crippen LogP contribution in [0.5, 0.6) is 0 Å². The number of rotatable bonds is 5. The highest BCUT2D eigenvalue weighted by molar-refractivity contribution is 5.98. The van der Waals surface area contributed by atoms with Gasteiger partial charge in [-0.1, -0.05) is 6.42 Å². The van der Waals surface area contributed by atoms with Crippen LogP contribution >= 0.6 is 0 Å². The Balaban J connectivity index is 1.59. The van der Waals surface area contributed by atoms with E-state index in [0.29, 0.717) is 13.0 Å². The number of aliphatic carboxylic acids is 1. The number of hydrogen-bond donors (Lipinski definition) is 1. The number of Topliss-reactive ketones (excluding diaryl/α,β-unsaturated/α-hetero) is 1. The molecule has 0 bridgehead atoms. The minimum atomic E-state index is -1.10. The molecule has 0 radical (unpaired) electrons. The lowest BCUT2D eigenvalue weighted by Crippen LogP contribution is -2.37. The van der Waals surface area contributed by atoms with E-state index in [0.717, 1.165) is 25.0 Å². The first-order valence-corrected chi connectivity index (χ1v) is 8.33. The Morgan fingerprint density at radius 2 is 1.96 bits per heavy atom. The molecule has 25 heavy (non-hydrogen) atoms. The quantitative estimate of drug-likeness (QED) is 0.828. The van der Waals surface area contributed by atoms with Gasteiger partial charge in [-0.15, -0.1) is 0 Å². The van der Waals surface area contributed by atoms with Crippen LogP contribution in [0.1, 0.15) is 42.5 Å². The largest absolute Gasteiger partial charge is 0.481 e. The highest BCUT2D eigenvalue weighted by atomic mass is 19.2. The molecule has 7 heteroatoms. The molecule has 1 aliphatic heterocycles. The number of hydrogen-bond acceptors (Lipinski definition) is 3. The predicted octanol–water partition coefficient (Wildman–Crippen LogP) is 2.64. The summed E-state index contributed by atoms with van der Waals surface area (Å²) in [5.41, 5.74) is -0.827. The van der Waals surface area contributed by atoms with E-state index in [2.05, 4.69) is 0 Å². The van der Waals surface area contributed by atoms with Crippen molar-refractivity contribution in [2.75, 3.05) is 13.1 Å². The zero-order valence-corrected chi connectivity index (χ0v) is 13.6. The van der Waals surface area contributed by atoms with Crippen LogP contribution in [-0.4, -0.2) is 40.8 Å². The van der Waals surface area contributed by atoms with Gasteiger partial charge in [0.1, 0.15) is 0 Å². The first kappa shape index (κ1) is 17.5. The van der Waals surface area contributed by atoms with Gasteiger partial charge in [0.05, 0.1) is 5.41 Å². The molecule has 1 amide bonds. The van der Waals surface area contributed by atoms with E-state index in [1.165, 1.54) is 11.0 Å². The van der Waals surface area contributed by atoms with Gasteiger partial charge < -0.3 is 10.0 Å². The molecular weight excluding hydrogens is 332 g/mol. The summed E-state index contributed by atoms with van der Waals surface area (Å²) in [5.74, 6) is -3.74. The summed E-state index contributed by atoms with van der Waals surface area (Å²) in [6.07, 6.45) is 2.04. The van der Waals surface area contributed by atoms with Crippen molar-refractivity contribution in [2.24, 2.45) is 11.3 Å². The average molecular weight is 351 g/mol. The van der Waals surface area contributed by atoms with E-state index >= 15 is 0 Å². The van der Waals surface area contributed by atoms with Gasteiger partial charge in [-0.25, -0.2) is 8.78 Å². The number of carbonyl (C=O) groups is 3. The summed E-state index contributed by atoms with van der Waals surface area (Å²) in [6, 6.07) is 2.88.